The van der Waals surface area contributed by atoms with Crippen molar-refractivity contribution in [3.05, 3.63) is 66.0 Å². The van der Waals surface area contributed by atoms with Crippen LogP contribution in [0.15, 0.2) is 59.1 Å². The third-order valence-electron chi connectivity index (χ3n) is 5.43. The molecular weight excluding hydrogens is 366 g/mol. The number of carbonyl (C=O) groups excluding carboxylic acids is 1. The minimum atomic E-state index is -0.0399. The molecule has 5 rings (SSSR count). The van der Waals surface area contributed by atoms with Gasteiger partial charge in [0.25, 0.3) is 5.89 Å². The number of amides is 1. The lowest BCUT2D eigenvalue weighted by Gasteiger charge is -2.15. The molecule has 0 aliphatic carbocycles. The molecule has 0 saturated carbocycles. The van der Waals surface area contributed by atoms with Crippen molar-refractivity contribution in [1.29, 1.82) is 0 Å². The third kappa shape index (κ3) is 3.51. The van der Waals surface area contributed by atoms with Crippen LogP contribution in [0.5, 0.6) is 0 Å². The van der Waals surface area contributed by atoms with Crippen LogP contribution in [0.2, 0.25) is 0 Å². The van der Waals surface area contributed by atoms with E-state index in [4.69, 9.17) is 4.52 Å². The number of H-pyrrole nitrogens is 1. The van der Waals surface area contributed by atoms with Crippen LogP contribution in [-0.4, -0.2) is 44.2 Å². The van der Waals surface area contributed by atoms with Crippen LogP contribution in [0.3, 0.4) is 0 Å². The van der Waals surface area contributed by atoms with E-state index in [0.717, 1.165) is 30.3 Å². The summed E-state index contributed by atoms with van der Waals surface area (Å²) in [6.45, 7) is 1.38. The number of para-hydroxylation sites is 1. The summed E-state index contributed by atoms with van der Waals surface area (Å²) in [5, 5.41) is 12.4. The van der Waals surface area contributed by atoms with Crippen molar-refractivity contribution < 1.29 is 9.32 Å². The Morgan fingerprint density at radius 1 is 1.10 bits per heavy atom. The van der Waals surface area contributed by atoms with Gasteiger partial charge >= 0.3 is 0 Å². The van der Waals surface area contributed by atoms with Gasteiger partial charge in [0.2, 0.25) is 5.91 Å². The van der Waals surface area contributed by atoms with Gasteiger partial charge < -0.3 is 9.42 Å². The molecule has 0 spiro atoms. The second-order valence-corrected chi connectivity index (χ2v) is 7.41. The number of nitrogens with zero attached hydrogens (tertiary/aromatic N) is 4. The number of likely N-dealkylation sites (tertiary alicyclic amines) is 1. The largest absolute Gasteiger partial charge is 0.342 e. The number of hydrogen-bond acceptors (Lipinski definition) is 5. The number of benzene rings is 2. The fourth-order valence-electron chi connectivity index (χ4n) is 3.90. The maximum absolute atomic E-state index is 12.4. The summed E-state index contributed by atoms with van der Waals surface area (Å²) in [6.07, 6.45) is 2.33. The number of rotatable bonds is 6. The first-order chi connectivity index (χ1) is 14.3. The van der Waals surface area contributed by atoms with Gasteiger partial charge in [-0.2, -0.15) is 10.1 Å². The predicted molar refractivity (Wildman–Crippen MR) is 108 cm³/mol. The number of carbonyl (C=O) groups is 1. The average Bonchev–Trinajstić information content (AvgIpc) is 3.47. The van der Waals surface area contributed by atoms with Crippen molar-refractivity contribution in [3.8, 4) is 11.6 Å². The zero-order valence-electron chi connectivity index (χ0n) is 15.9. The predicted octanol–water partition coefficient (Wildman–Crippen LogP) is 3.56. The Kier molecular flexibility index (Phi) is 4.56. The summed E-state index contributed by atoms with van der Waals surface area (Å²) in [7, 11) is 0. The molecule has 1 saturated heterocycles. The van der Waals surface area contributed by atoms with Crippen molar-refractivity contribution in [1.82, 2.24) is 25.2 Å². The first-order valence-electron chi connectivity index (χ1n) is 9.87. The zero-order valence-corrected chi connectivity index (χ0v) is 15.9. The Morgan fingerprint density at radius 2 is 1.93 bits per heavy atom. The highest BCUT2D eigenvalue weighted by atomic mass is 16.5. The molecule has 2 aromatic carbocycles. The van der Waals surface area contributed by atoms with Gasteiger partial charge in [0, 0.05) is 30.8 Å². The van der Waals surface area contributed by atoms with Gasteiger partial charge in [0.1, 0.15) is 0 Å². The molecule has 2 aromatic heterocycles. The number of aromatic amines is 1. The lowest BCUT2D eigenvalue weighted by atomic mass is 10.1. The molecule has 146 valence electrons. The molecule has 0 bridgehead atoms. The second-order valence-electron chi connectivity index (χ2n) is 7.41. The molecular formula is C22H21N5O2. The third-order valence-corrected chi connectivity index (χ3v) is 5.43. The fraction of sp³-hybridized carbons (Fsp3) is 0.273. The quantitative estimate of drug-likeness (QED) is 0.546. The normalized spacial score (nSPS) is 16.8. The van der Waals surface area contributed by atoms with Gasteiger partial charge in [0.15, 0.2) is 11.5 Å². The van der Waals surface area contributed by atoms with Crippen LogP contribution < -0.4 is 0 Å². The Balaban J connectivity index is 1.25. The van der Waals surface area contributed by atoms with Gasteiger partial charge in [0.05, 0.1) is 5.52 Å². The lowest BCUT2D eigenvalue weighted by molar-refractivity contribution is -0.127. The van der Waals surface area contributed by atoms with Crippen molar-refractivity contribution in [2.75, 3.05) is 13.1 Å². The monoisotopic (exact) mass is 387 g/mol. The van der Waals surface area contributed by atoms with Gasteiger partial charge in [-0.25, -0.2) is 0 Å². The Labute approximate surface area is 167 Å². The van der Waals surface area contributed by atoms with E-state index < -0.39 is 0 Å². The van der Waals surface area contributed by atoms with Crippen LogP contribution in [0.25, 0.3) is 22.5 Å². The number of aryl methyl sites for hydroxylation is 1. The fourth-order valence-corrected chi connectivity index (χ4v) is 3.90. The lowest BCUT2D eigenvalue weighted by Crippen LogP contribution is -2.26. The summed E-state index contributed by atoms with van der Waals surface area (Å²) in [4.78, 5) is 18.9. The highest BCUT2D eigenvalue weighted by molar-refractivity contribution is 5.90. The second kappa shape index (κ2) is 7.50. The molecule has 1 fully saturated rings. The molecule has 1 unspecified atom stereocenters. The molecule has 7 heteroatoms. The summed E-state index contributed by atoms with van der Waals surface area (Å²) in [5.74, 6) is 1.07. The van der Waals surface area contributed by atoms with E-state index >= 15 is 0 Å². The number of hydrogen-bond donors (Lipinski definition) is 1. The number of aromatic nitrogens is 4. The molecule has 29 heavy (non-hydrogen) atoms. The van der Waals surface area contributed by atoms with Crippen molar-refractivity contribution in [2.45, 2.75) is 25.2 Å². The molecule has 7 nitrogen and oxygen atoms in total. The molecule has 1 amide bonds. The Hall–Kier alpha value is -3.48. The zero-order chi connectivity index (χ0) is 19.6. The van der Waals surface area contributed by atoms with Crippen LogP contribution in [0.1, 0.15) is 30.1 Å². The molecule has 3 heterocycles. The molecule has 0 radical (unpaired) electrons. The van der Waals surface area contributed by atoms with E-state index in [9.17, 15) is 4.79 Å². The first-order valence-corrected chi connectivity index (χ1v) is 9.87. The maximum atomic E-state index is 12.4. The van der Waals surface area contributed by atoms with Crippen LogP contribution in [0.4, 0.5) is 0 Å². The van der Waals surface area contributed by atoms with E-state index in [1.54, 1.807) is 0 Å². The molecule has 1 N–H and O–H groups in total. The maximum Gasteiger partial charge on any atom is 0.279 e. The van der Waals surface area contributed by atoms with E-state index in [2.05, 4.69) is 32.5 Å². The summed E-state index contributed by atoms with van der Waals surface area (Å²) in [5.41, 5.74) is 2.86. The standard InChI is InChI=1S/C22H21N5O2/c28-19-13-16(14-27(19)12-6-9-15-7-2-1-3-8-15)21-23-22(29-26-21)20-17-10-4-5-11-18(17)24-25-20/h1-5,7-8,10-11,16H,6,9,12-14H2,(H,24,25). The smallest absolute Gasteiger partial charge is 0.279 e. The Morgan fingerprint density at radius 3 is 2.83 bits per heavy atom. The van der Waals surface area contributed by atoms with E-state index in [-0.39, 0.29) is 11.8 Å². The Bertz CT molecular complexity index is 1130. The number of nitrogens with one attached hydrogen (secondary N) is 1. The molecule has 1 atom stereocenters. The van der Waals surface area contributed by atoms with E-state index in [1.807, 2.05) is 47.4 Å². The van der Waals surface area contributed by atoms with E-state index in [1.165, 1.54) is 5.56 Å². The van der Waals surface area contributed by atoms with Crippen molar-refractivity contribution in [3.63, 3.8) is 0 Å². The van der Waals surface area contributed by atoms with Gasteiger partial charge in [-0.05, 0) is 24.5 Å². The van der Waals surface area contributed by atoms with Crippen molar-refractivity contribution in [2.24, 2.45) is 0 Å². The number of fused-ring (bicyclic) bond motifs is 1. The van der Waals surface area contributed by atoms with Crippen LogP contribution >= 0.6 is 0 Å². The minimum absolute atomic E-state index is 0.0399. The van der Waals surface area contributed by atoms with Crippen LogP contribution in [-0.2, 0) is 11.2 Å². The van der Waals surface area contributed by atoms with Gasteiger partial charge in [-0.15, -0.1) is 0 Å². The van der Waals surface area contributed by atoms with Crippen molar-refractivity contribution >= 4 is 16.8 Å². The summed E-state index contributed by atoms with van der Waals surface area (Å²) < 4.78 is 5.47. The van der Waals surface area contributed by atoms with Gasteiger partial charge in [-0.1, -0.05) is 53.7 Å². The molecule has 1 aliphatic heterocycles. The minimum Gasteiger partial charge on any atom is -0.342 e. The highest BCUT2D eigenvalue weighted by Gasteiger charge is 2.33. The van der Waals surface area contributed by atoms with E-state index in [0.29, 0.717) is 30.4 Å². The summed E-state index contributed by atoms with van der Waals surface area (Å²) >= 11 is 0. The molecule has 4 aromatic rings. The first kappa shape index (κ1) is 17.6. The summed E-state index contributed by atoms with van der Waals surface area (Å²) in [6, 6.07) is 18.1. The topological polar surface area (TPSA) is 87.9 Å². The SMILES string of the molecule is O=C1CC(c2noc(-c3n[nH]c4ccccc34)n2)CN1CCCc1ccccc1. The molecule has 1 aliphatic rings. The van der Waals surface area contributed by atoms with Crippen LogP contribution in [0, 0.1) is 0 Å². The average molecular weight is 387 g/mol. The highest BCUT2D eigenvalue weighted by Crippen LogP contribution is 2.30. The van der Waals surface area contributed by atoms with Gasteiger partial charge in [-0.3, -0.25) is 9.89 Å².